The highest BCUT2D eigenvalue weighted by molar-refractivity contribution is 5.97. The van der Waals surface area contributed by atoms with Crippen molar-refractivity contribution in [2.24, 2.45) is 0 Å². The van der Waals surface area contributed by atoms with Gasteiger partial charge in [0.1, 0.15) is 5.52 Å². The molecule has 0 aliphatic rings. The number of nitrogens with zero attached hydrogens (tertiary/aromatic N) is 3. The maximum absolute atomic E-state index is 12.1. The minimum absolute atomic E-state index is 0.211. The van der Waals surface area contributed by atoms with Crippen molar-refractivity contribution in [3.63, 3.8) is 0 Å². The quantitative estimate of drug-likeness (QED) is 0.551. The van der Waals surface area contributed by atoms with Crippen LogP contribution in [0.2, 0.25) is 0 Å². The van der Waals surface area contributed by atoms with Crippen molar-refractivity contribution in [1.29, 1.82) is 0 Å². The summed E-state index contributed by atoms with van der Waals surface area (Å²) in [5.41, 5.74) is 10.9. The molecule has 2 heterocycles. The SMILES string of the molecule is COC(=O)c1ccccc1-c1ccc2nc(N)nc(Cc3ccccc3)c2n1. The molecule has 0 radical (unpaired) electrons. The van der Waals surface area contributed by atoms with Crippen LogP contribution in [-0.4, -0.2) is 28.0 Å². The van der Waals surface area contributed by atoms with Gasteiger partial charge < -0.3 is 10.5 Å². The number of benzene rings is 2. The number of hydrogen-bond donors (Lipinski definition) is 1. The second kappa shape index (κ2) is 7.44. The van der Waals surface area contributed by atoms with Gasteiger partial charge in [0, 0.05) is 12.0 Å². The lowest BCUT2D eigenvalue weighted by atomic mass is 10.0. The number of anilines is 1. The van der Waals surface area contributed by atoms with Gasteiger partial charge >= 0.3 is 5.97 Å². The molecule has 0 aliphatic heterocycles. The number of methoxy groups -OCH3 is 1. The summed E-state index contributed by atoms with van der Waals surface area (Å²) in [6.45, 7) is 0. The van der Waals surface area contributed by atoms with Crippen molar-refractivity contribution in [2.75, 3.05) is 12.8 Å². The van der Waals surface area contributed by atoms with Crippen LogP contribution in [0, 0.1) is 0 Å². The van der Waals surface area contributed by atoms with E-state index in [1.54, 1.807) is 12.1 Å². The minimum atomic E-state index is -0.407. The summed E-state index contributed by atoms with van der Waals surface area (Å²) in [6.07, 6.45) is 0.583. The van der Waals surface area contributed by atoms with Crippen molar-refractivity contribution in [3.8, 4) is 11.3 Å². The molecule has 4 aromatic rings. The number of rotatable bonds is 4. The van der Waals surface area contributed by atoms with Crippen molar-refractivity contribution in [1.82, 2.24) is 15.0 Å². The lowest BCUT2D eigenvalue weighted by Gasteiger charge is -2.10. The van der Waals surface area contributed by atoms with Crippen LogP contribution < -0.4 is 5.73 Å². The number of nitrogens with two attached hydrogens (primary N) is 1. The summed E-state index contributed by atoms with van der Waals surface area (Å²) < 4.78 is 4.90. The molecule has 0 saturated heterocycles. The maximum atomic E-state index is 12.1. The topological polar surface area (TPSA) is 91.0 Å². The van der Waals surface area contributed by atoms with Crippen LogP contribution in [0.15, 0.2) is 66.7 Å². The molecule has 2 N–H and O–H groups in total. The van der Waals surface area contributed by atoms with Gasteiger partial charge in [-0.3, -0.25) is 0 Å². The smallest absolute Gasteiger partial charge is 0.338 e. The number of pyridine rings is 1. The molecular weight excluding hydrogens is 352 g/mol. The van der Waals surface area contributed by atoms with Crippen LogP contribution >= 0.6 is 0 Å². The average Bonchev–Trinajstić information content (AvgIpc) is 2.73. The van der Waals surface area contributed by atoms with Gasteiger partial charge in [-0.15, -0.1) is 0 Å². The molecule has 0 amide bonds. The van der Waals surface area contributed by atoms with Crippen molar-refractivity contribution in [3.05, 3.63) is 83.6 Å². The van der Waals surface area contributed by atoms with Crippen LogP contribution in [0.4, 0.5) is 5.95 Å². The molecule has 0 aliphatic carbocycles. The first-order valence-corrected chi connectivity index (χ1v) is 8.80. The predicted octanol–water partition coefficient (Wildman–Crippen LogP) is 3.65. The van der Waals surface area contributed by atoms with Crippen LogP contribution in [0.5, 0.6) is 0 Å². The summed E-state index contributed by atoms with van der Waals surface area (Å²) in [7, 11) is 1.36. The van der Waals surface area contributed by atoms with Crippen molar-refractivity contribution < 1.29 is 9.53 Å². The predicted molar refractivity (Wildman–Crippen MR) is 108 cm³/mol. The van der Waals surface area contributed by atoms with Gasteiger partial charge in [-0.2, -0.15) is 0 Å². The third-order valence-corrected chi connectivity index (χ3v) is 4.45. The first kappa shape index (κ1) is 17.6. The minimum Gasteiger partial charge on any atom is -0.465 e. The Balaban J connectivity index is 1.86. The molecule has 6 heteroatoms. The molecule has 2 aromatic heterocycles. The van der Waals surface area contributed by atoms with Crippen molar-refractivity contribution >= 4 is 23.0 Å². The highest BCUT2D eigenvalue weighted by Gasteiger charge is 2.16. The van der Waals surface area contributed by atoms with E-state index >= 15 is 0 Å². The Kier molecular flexibility index (Phi) is 4.68. The Bertz CT molecular complexity index is 1160. The molecule has 6 nitrogen and oxygen atoms in total. The largest absolute Gasteiger partial charge is 0.465 e. The normalized spacial score (nSPS) is 10.8. The van der Waals surface area contributed by atoms with E-state index in [9.17, 15) is 4.79 Å². The molecule has 28 heavy (non-hydrogen) atoms. The summed E-state index contributed by atoms with van der Waals surface area (Å²) in [5, 5.41) is 0. The molecule has 0 bridgehead atoms. The second-order valence-corrected chi connectivity index (χ2v) is 6.29. The number of esters is 1. The highest BCUT2D eigenvalue weighted by Crippen LogP contribution is 2.26. The van der Waals surface area contributed by atoms with E-state index in [1.165, 1.54) is 7.11 Å². The molecule has 2 aromatic carbocycles. The first-order chi connectivity index (χ1) is 13.7. The number of carbonyl (C=O) groups is 1. The zero-order valence-electron chi connectivity index (χ0n) is 15.3. The monoisotopic (exact) mass is 370 g/mol. The second-order valence-electron chi connectivity index (χ2n) is 6.29. The van der Waals surface area contributed by atoms with Gasteiger partial charge in [-0.05, 0) is 23.8 Å². The fraction of sp³-hybridized carbons (Fsp3) is 0.0909. The van der Waals surface area contributed by atoms with E-state index in [2.05, 4.69) is 9.97 Å². The van der Waals surface area contributed by atoms with E-state index in [0.717, 1.165) is 11.3 Å². The van der Waals surface area contributed by atoms with Gasteiger partial charge in [-0.25, -0.2) is 19.7 Å². The maximum Gasteiger partial charge on any atom is 0.338 e. The number of nitrogen functional groups attached to an aromatic ring is 1. The van der Waals surface area contributed by atoms with Gasteiger partial charge in [0.05, 0.1) is 29.6 Å². The van der Waals surface area contributed by atoms with E-state index in [1.807, 2.05) is 54.6 Å². The summed E-state index contributed by atoms with van der Waals surface area (Å²) in [4.78, 5) is 25.6. The number of fused-ring (bicyclic) bond motifs is 1. The lowest BCUT2D eigenvalue weighted by Crippen LogP contribution is -2.06. The van der Waals surface area contributed by atoms with Gasteiger partial charge in [0.2, 0.25) is 5.95 Å². The fourth-order valence-electron chi connectivity index (χ4n) is 3.15. The third kappa shape index (κ3) is 3.40. The molecule has 0 unspecified atom stereocenters. The standard InChI is InChI=1S/C22H18N4O2/c1-28-21(27)16-10-6-5-9-15(16)17-11-12-18-20(24-17)19(26-22(23)25-18)13-14-7-3-2-4-8-14/h2-12H,13H2,1H3,(H2,23,25,26). The van der Waals surface area contributed by atoms with Crippen LogP contribution in [0.1, 0.15) is 21.6 Å². The zero-order chi connectivity index (χ0) is 19.5. The summed E-state index contributed by atoms with van der Waals surface area (Å²) in [5.74, 6) is -0.196. The first-order valence-electron chi connectivity index (χ1n) is 8.80. The van der Waals surface area contributed by atoms with Crippen LogP contribution in [0.3, 0.4) is 0 Å². The summed E-state index contributed by atoms with van der Waals surface area (Å²) >= 11 is 0. The number of hydrogen-bond acceptors (Lipinski definition) is 6. The Hall–Kier alpha value is -3.80. The van der Waals surface area contributed by atoms with Gasteiger partial charge in [0.25, 0.3) is 0 Å². The Morgan fingerprint density at radius 3 is 2.46 bits per heavy atom. The summed E-state index contributed by atoms with van der Waals surface area (Å²) in [6, 6.07) is 20.9. The Morgan fingerprint density at radius 1 is 0.929 bits per heavy atom. The van der Waals surface area contributed by atoms with E-state index < -0.39 is 5.97 Å². The fourth-order valence-corrected chi connectivity index (χ4v) is 3.15. The van der Waals surface area contributed by atoms with Crippen molar-refractivity contribution in [2.45, 2.75) is 6.42 Å². The molecule has 0 spiro atoms. The molecule has 0 fully saturated rings. The highest BCUT2D eigenvalue weighted by atomic mass is 16.5. The van der Waals surface area contributed by atoms with Crippen LogP contribution in [0.25, 0.3) is 22.3 Å². The van der Waals surface area contributed by atoms with E-state index in [0.29, 0.717) is 34.3 Å². The lowest BCUT2D eigenvalue weighted by molar-refractivity contribution is 0.0601. The van der Waals surface area contributed by atoms with Gasteiger partial charge in [0.15, 0.2) is 0 Å². The molecule has 138 valence electrons. The number of ether oxygens (including phenoxy) is 1. The van der Waals surface area contributed by atoms with Crippen LogP contribution in [-0.2, 0) is 11.2 Å². The molecule has 0 atom stereocenters. The Morgan fingerprint density at radius 2 is 1.68 bits per heavy atom. The van der Waals surface area contributed by atoms with Gasteiger partial charge in [-0.1, -0.05) is 48.5 Å². The van der Waals surface area contributed by atoms with E-state index in [-0.39, 0.29) is 5.95 Å². The average molecular weight is 370 g/mol. The third-order valence-electron chi connectivity index (χ3n) is 4.45. The number of carbonyl (C=O) groups excluding carboxylic acids is 1. The molecule has 0 saturated carbocycles. The number of aromatic nitrogens is 3. The molecular formula is C22H18N4O2. The van der Waals surface area contributed by atoms with E-state index in [4.69, 9.17) is 15.5 Å². The molecule has 4 rings (SSSR count). The Labute approximate surface area is 162 Å². The zero-order valence-corrected chi connectivity index (χ0v) is 15.3.